The molecule has 1 aliphatic heterocycles. The Bertz CT molecular complexity index is 888. The number of thiazole rings is 1. The maximum atomic E-state index is 5.84. The lowest BCUT2D eigenvalue weighted by Gasteiger charge is -2.13. The highest BCUT2D eigenvalue weighted by Gasteiger charge is 2.19. The fraction of sp³-hybridized carbons (Fsp3) is 0.350. The Balaban J connectivity index is 1.70. The fourth-order valence-electron chi connectivity index (χ4n) is 3.10. The molecular weight excluding hydrogens is 348 g/mol. The van der Waals surface area contributed by atoms with Crippen LogP contribution in [0.5, 0.6) is 5.75 Å². The number of aromatic nitrogens is 1. The lowest BCUT2D eigenvalue weighted by Crippen LogP contribution is -2.23. The van der Waals surface area contributed by atoms with Crippen molar-refractivity contribution in [3.05, 3.63) is 52.8 Å². The van der Waals surface area contributed by atoms with Crippen LogP contribution in [0.3, 0.4) is 0 Å². The smallest absolute Gasteiger partial charge is 0.190 e. The third kappa shape index (κ3) is 3.76. The summed E-state index contributed by atoms with van der Waals surface area (Å²) < 4.78 is 19.2. The van der Waals surface area contributed by atoms with Crippen LogP contribution in [0.15, 0.2) is 57.5 Å². The topological polar surface area (TPSA) is 48.9 Å². The molecule has 1 aromatic carbocycles. The minimum atomic E-state index is 0.234. The average Bonchev–Trinajstić information content (AvgIpc) is 3.40. The number of ether oxygens (including phenoxy) is 2. The first-order valence-corrected chi connectivity index (χ1v) is 9.83. The summed E-state index contributed by atoms with van der Waals surface area (Å²) in [5.74, 6) is 1.72. The van der Waals surface area contributed by atoms with E-state index in [4.69, 9.17) is 18.9 Å². The van der Waals surface area contributed by atoms with Crippen LogP contribution >= 0.6 is 11.3 Å². The summed E-state index contributed by atoms with van der Waals surface area (Å²) in [7, 11) is 0. The number of nitrogens with zero attached hydrogens (tertiary/aromatic N) is 2. The van der Waals surface area contributed by atoms with Crippen molar-refractivity contribution in [1.82, 2.24) is 4.57 Å². The minimum absolute atomic E-state index is 0.234. The van der Waals surface area contributed by atoms with Gasteiger partial charge in [-0.05, 0) is 56.2 Å². The van der Waals surface area contributed by atoms with E-state index in [1.165, 1.54) is 0 Å². The van der Waals surface area contributed by atoms with Gasteiger partial charge in [0.15, 0.2) is 10.6 Å². The van der Waals surface area contributed by atoms with Gasteiger partial charge in [0.1, 0.15) is 5.75 Å². The largest absolute Gasteiger partial charge is 0.494 e. The van der Waals surface area contributed by atoms with Crippen LogP contribution in [-0.2, 0) is 11.3 Å². The second kappa shape index (κ2) is 7.93. The Hall–Kier alpha value is -2.31. The summed E-state index contributed by atoms with van der Waals surface area (Å²) in [6.45, 7) is 4.27. The molecule has 0 radical (unpaired) electrons. The molecule has 26 heavy (non-hydrogen) atoms. The molecule has 0 bridgehead atoms. The number of furan rings is 1. The van der Waals surface area contributed by atoms with Gasteiger partial charge in [-0.15, -0.1) is 11.3 Å². The third-order valence-corrected chi connectivity index (χ3v) is 5.22. The van der Waals surface area contributed by atoms with Gasteiger partial charge in [0, 0.05) is 12.0 Å². The quantitative estimate of drug-likeness (QED) is 0.636. The molecule has 3 aromatic rings. The van der Waals surface area contributed by atoms with Gasteiger partial charge in [0.25, 0.3) is 0 Å². The van der Waals surface area contributed by atoms with Crippen LogP contribution in [0, 0.1) is 0 Å². The van der Waals surface area contributed by atoms with Gasteiger partial charge >= 0.3 is 0 Å². The maximum absolute atomic E-state index is 5.84. The average molecular weight is 370 g/mol. The van der Waals surface area contributed by atoms with Crippen LogP contribution in [-0.4, -0.2) is 23.9 Å². The van der Waals surface area contributed by atoms with E-state index in [9.17, 15) is 0 Å². The van der Waals surface area contributed by atoms with E-state index >= 15 is 0 Å². The fourth-order valence-corrected chi connectivity index (χ4v) is 4.02. The van der Waals surface area contributed by atoms with Gasteiger partial charge in [-0.1, -0.05) is 0 Å². The van der Waals surface area contributed by atoms with Crippen molar-refractivity contribution in [2.24, 2.45) is 4.99 Å². The van der Waals surface area contributed by atoms with Crippen LogP contribution in [0.1, 0.15) is 19.8 Å². The van der Waals surface area contributed by atoms with Gasteiger partial charge in [-0.2, -0.15) is 0 Å². The van der Waals surface area contributed by atoms with Crippen molar-refractivity contribution < 1.29 is 13.9 Å². The summed E-state index contributed by atoms with van der Waals surface area (Å²) in [4.78, 5) is 5.78. The monoisotopic (exact) mass is 370 g/mol. The van der Waals surface area contributed by atoms with Crippen molar-refractivity contribution in [2.75, 3.05) is 13.2 Å². The predicted molar refractivity (Wildman–Crippen MR) is 102 cm³/mol. The Morgan fingerprint density at radius 1 is 1.27 bits per heavy atom. The van der Waals surface area contributed by atoms with E-state index in [1.54, 1.807) is 17.6 Å². The van der Waals surface area contributed by atoms with Gasteiger partial charge in [-0.3, -0.25) is 0 Å². The molecule has 5 nitrogen and oxygen atoms in total. The third-order valence-electron chi connectivity index (χ3n) is 4.35. The van der Waals surface area contributed by atoms with Crippen molar-refractivity contribution in [1.29, 1.82) is 0 Å². The molecule has 3 heterocycles. The van der Waals surface area contributed by atoms with Crippen molar-refractivity contribution in [2.45, 2.75) is 32.4 Å². The van der Waals surface area contributed by atoms with E-state index in [2.05, 4.69) is 9.95 Å². The first-order chi connectivity index (χ1) is 12.8. The Morgan fingerprint density at radius 2 is 2.15 bits per heavy atom. The Kier molecular flexibility index (Phi) is 5.22. The zero-order valence-corrected chi connectivity index (χ0v) is 15.6. The van der Waals surface area contributed by atoms with Gasteiger partial charge in [0.05, 0.1) is 36.9 Å². The molecule has 1 fully saturated rings. The van der Waals surface area contributed by atoms with Gasteiger partial charge in [0.2, 0.25) is 0 Å². The van der Waals surface area contributed by atoms with E-state index in [-0.39, 0.29) is 6.10 Å². The molecule has 1 unspecified atom stereocenters. The van der Waals surface area contributed by atoms with Crippen molar-refractivity contribution >= 4 is 17.0 Å². The summed E-state index contributed by atoms with van der Waals surface area (Å²) >= 11 is 1.62. The van der Waals surface area contributed by atoms with Crippen LogP contribution in [0.2, 0.25) is 0 Å². The highest BCUT2D eigenvalue weighted by Crippen LogP contribution is 2.24. The zero-order chi connectivity index (χ0) is 17.8. The van der Waals surface area contributed by atoms with Crippen LogP contribution in [0.4, 0.5) is 5.69 Å². The predicted octanol–water partition coefficient (Wildman–Crippen LogP) is 4.62. The highest BCUT2D eigenvalue weighted by atomic mass is 32.1. The van der Waals surface area contributed by atoms with E-state index in [0.29, 0.717) is 6.61 Å². The summed E-state index contributed by atoms with van der Waals surface area (Å²) in [5, 5.41) is 2.10. The Labute approximate surface area is 156 Å². The normalized spacial score (nSPS) is 17.7. The van der Waals surface area contributed by atoms with Crippen molar-refractivity contribution in [3.8, 4) is 17.2 Å². The molecule has 0 spiro atoms. The summed E-state index contributed by atoms with van der Waals surface area (Å²) in [6.07, 6.45) is 4.14. The number of hydrogen-bond donors (Lipinski definition) is 0. The molecule has 0 aliphatic carbocycles. The molecule has 0 amide bonds. The van der Waals surface area contributed by atoms with Crippen molar-refractivity contribution in [3.63, 3.8) is 0 Å². The number of benzene rings is 1. The molecule has 4 rings (SSSR count). The minimum Gasteiger partial charge on any atom is -0.494 e. The zero-order valence-electron chi connectivity index (χ0n) is 14.8. The standard InChI is InChI=1S/C20H22N2O3S/c1-2-23-16-9-7-15(8-10-16)21-20-22(13-17-5-3-11-24-17)18(14-26-20)19-6-4-12-25-19/h4,6-10,12,14,17H,2-3,5,11,13H2,1H3. The molecule has 1 atom stereocenters. The van der Waals surface area contributed by atoms with E-state index < -0.39 is 0 Å². The lowest BCUT2D eigenvalue weighted by molar-refractivity contribution is 0.0967. The second-order valence-electron chi connectivity index (χ2n) is 6.17. The Morgan fingerprint density at radius 3 is 2.85 bits per heavy atom. The number of rotatable bonds is 6. The first-order valence-electron chi connectivity index (χ1n) is 8.95. The number of hydrogen-bond acceptors (Lipinski definition) is 5. The lowest BCUT2D eigenvalue weighted by atomic mass is 10.2. The molecule has 0 saturated carbocycles. The highest BCUT2D eigenvalue weighted by molar-refractivity contribution is 7.07. The molecule has 136 valence electrons. The van der Waals surface area contributed by atoms with Crippen LogP contribution in [0.25, 0.3) is 11.5 Å². The SMILES string of the molecule is CCOc1ccc(N=c2scc(-c3ccco3)n2CC2CCCO2)cc1. The van der Waals surface area contributed by atoms with E-state index in [1.807, 2.05) is 43.3 Å². The molecule has 0 N–H and O–H groups in total. The molecule has 1 saturated heterocycles. The first kappa shape index (κ1) is 17.1. The van der Waals surface area contributed by atoms with Crippen LogP contribution < -0.4 is 9.54 Å². The molecule has 1 aliphatic rings. The molecular formula is C20H22N2O3S. The molecule has 6 heteroatoms. The second-order valence-corrected chi connectivity index (χ2v) is 7.00. The van der Waals surface area contributed by atoms with E-state index in [0.717, 1.165) is 53.7 Å². The molecule has 2 aromatic heterocycles. The maximum Gasteiger partial charge on any atom is 0.190 e. The van der Waals surface area contributed by atoms with Gasteiger partial charge < -0.3 is 18.5 Å². The summed E-state index contributed by atoms with van der Waals surface area (Å²) in [6, 6.07) is 11.8. The van der Waals surface area contributed by atoms with Gasteiger partial charge in [-0.25, -0.2) is 4.99 Å². The summed E-state index contributed by atoms with van der Waals surface area (Å²) in [5.41, 5.74) is 1.95.